The third-order valence-electron chi connectivity index (χ3n) is 3.97. The highest BCUT2D eigenvalue weighted by Crippen LogP contribution is 2.14. The van der Waals surface area contributed by atoms with Gasteiger partial charge in [0, 0.05) is 11.3 Å². The minimum Gasteiger partial charge on any atom is -0.494 e. The zero-order valence-corrected chi connectivity index (χ0v) is 14.9. The van der Waals surface area contributed by atoms with Gasteiger partial charge in [-0.3, -0.25) is 9.52 Å². The Morgan fingerprint density at radius 2 is 1.96 bits per heavy atom. The lowest BCUT2D eigenvalue weighted by Gasteiger charge is -2.13. The van der Waals surface area contributed by atoms with Crippen molar-refractivity contribution in [2.45, 2.75) is 39.0 Å². The lowest BCUT2D eigenvalue weighted by molar-refractivity contribution is 0.0984. The summed E-state index contributed by atoms with van der Waals surface area (Å²) in [5, 5.41) is 0. The summed E-state index contributed by atoms with van der Waals surface area (Å²) < 4.78 is 8.52. The van der Waals surface area contributed by atoms with Crippen LogP contribution in [0.15, 0.2) is 24.3 Å². The molecule has 0 aromatic heterocycles. The van der Waals surface area contributed by atoms with E-state index in [4.69, 9.17) is 4.74 Å². The van der Waals surface area contributed by atoms with Crippen LogP contribution in [0.25, 0.3) is 0 Å². The number of hydrogen-bond acceptors (Lipinski definition) is 4. The molecule has 1 aromatic rings. The van der Waals surface area contributed by atoms with E-state index in [2.05, 4.69) is 16.5 Å². The predicted molar refractivity (Wildman–Crippen MR) is 97.1 cm³/mol. The highest BCUT2D eigenvalue weighted by atomic mass is 32.2. The average Bonchev–Trinajstić information content (AvgIpc) is 3.08. The molecular weight excluding hydrogens is 308 g/mol. The van der Waals surface area contributed by atoms with Crippen LogP contribution in [0.3, 0.4) is 0 Å². The van der Waals surface area contributed by atoms with Gasteiger partial charge >= 0.3 is 0 Å². The molecule has 0 unspecified atom stereocenters. The normalized spacial score (nSPS) is 14.8. The Balaban J connectivity index is 1.60. The second kappa shape index (κ2) is 10.6. The molecule has 2 rings (SSSR count). The molecule has 1 saturated heterocycles. The number of likely N-dealkylation sites (tertiary alicyclic amines) is 1. The Kier molecular flexibility index (Phi) is 8.32. The van der Waals surface area contributed by atoms with Gasteiger partial charge in [-0.2, -0.15) is 0 Å². The molecule has 0 spiro atoms. The van der Waals surface area contributed by atoms with E-state index in [1.165, 1.54) is 37.9 Å². The smallest absolute Gasteiger partial charge is 0.261 e. The van der Waals surface area contributed by atoms with Crippen molar-refractivity contribution in [1.29, 1.82) is 0 Å². The molecule has 0 radical (unpaired) electrons. The van der Waals surface area contributed by atoms with Gasteiger partial charge in [0.25, 0.3) is 5.91 Å². The van der Waals surface area contributed by atoms with E-state index >= 15 is 0 Å². The molecule has 23 heavy (non-hydrogen) atoms. The summed E-state index contributed by atoms with van der Waals surface area (Å²) in [5.74, 6) is 1.75. The van der Waals surface area contributed by atoms with Gasteiger partial charge in [-0.15, -0.1) is 0 Å². The molecule has 5 heteroatoms. The minimum atomic E-state index is -0.0312. The Morgan fingerprint density at radius 1 is 1.22 bits per heavy atom. The van der Waals surface area contributed by atoms with Crippen LogP contribution in [-0.2, 0) is 0 Å². The van der Waals surface area contributed by atoms with E-state index in [9.17, 15) is 4.79 Å². The van der Waals surface area contributed by atoms with Crippen molar-refractivity contribution in [2.24, 2.45) is 0 Å². The molecule has 128 valence electrons. The Bertz CT molecular complexity index is 459. The van der Waals surface area contributed by atoms with Crippen LogP contribution >= 0.6 is 11.9 Å². The van der Waals surface area contributed by atoms with Crippen LogP contribution in [0.2, 0.25) is 0 Å². The van der Waals surface area contributed by atoms with Gasteiger partial charge in [0.15, 0.2) is 0 Å². The van der Waals surface area contributed by atoms with Gasteiger partial charge in [-0.1, -0.05) is 25.3 Å². The summed E-state index contributed by atoms with van der Waals surface area (Å²) in [6, 6.07) is 7.37. The van der Waals surface area contributed by atoms with E-state index in [1.54, 1.807) is 0 Å². The number of hydrogen-bond donors (Lipinski definition) is 1. The zero-order valence-electron chi connectivity index (χ0n) is 14.1. The molecule has 1 aliphatic rings. The summed E-state index contributed by atoms with van der Waals surface area (Å²) >= 11 is 1.50. The predicted octanol–water partition coefficient (Wildman–Crippen LogP) is 3.73. The standard InChI is InChI=1S/C18H28N2O2S/c1-2-3-14-22-17-9-7-16(8-10-17)18(21)19-23-15-6-13-20-11-4-5-12-20/h7-10H,2-6,11-15H2,1H3,(H,19,21). The number of amides is 1. The Morgan fingerprint density at radius 3 is 2.65 bits per heavy atom. The Hall–Kier alpha value is -1.20. The monoisotopic (exact) mass is 336 g/mol. The number of carbonyl (C=O) groups is 1. The molecule has 0 saturated carbocycles. The molecule has 4 nitrogen and oxygen atoms in total. The lowest BCUT2D eigenvalue weighted by atomic mass is 10.2. The first-order valence-corrected chi connectivity index (χ1v) is 9.65. The molecule has 1 N–H and O–H groups in total. The molecule has 1 aromatic carbocycles. The maximum absolute atomic E-state index is 12.1. The van der Waals surface area contributed by atoms with Crippen LogP contribution in [-0.4, -0.2) is 42.8 Å². The van der Waals surface area contributed by atoms with Crippen molar-refractivity contribution in [3.05, 3.63) is 29.8 Å². The lowest BCUT2D eigenvalue weighted by Crippen LogP contribution is -2.22. The molecular formula is C18H28N2O2S. The highest BCUT2D eigenvalue weighted by Gasteiger charge is 2.10. The third kappa shape index (κ3) is 6.83. The molecule has 0 aliphatic carbocycles. The second-order valence-electron chi connectivity index (χ2n) is 5.91. The maximum atomic E-state index is 12.1. The van der Waals surface area contributed by atoms with Gasteiger partial charge in [-0.05, 0) is 69.6 Å². The quantitative estimate of drug-likeness (QED) is 0.522. The van der Waals surface area contributed by atoms with Crippen molar-refractivity contribution >= 4 is 17.9 Å². The fourth-order valence-electron chi connectivity index (χ4n) is 2.58. The van der Waals surface area contributed by atoms with Crippen LogP contribution in [0, 0.1) is 0 Å². The molecule has 0 atom stereocenters. The first-order chi connectivity index (χ1) is 11.3. The molecule has 0 bridgehead atoms. The van der Waals surface area contributed by atoms with Crippen molar-refractivity contribution < 1.29 is 9.53 Å². The van der Waals surface area contributed by atoms with Gasteiger partial charge < -0.3 is 9.64 Å². The van der Waals surface area contributed by atoms with E-state index < -0.39 is 0 Å². The first-order valence-electron chi connectivity index (χ1n) is 8.67. The highest BCUT2D eigenvalue weighted by molar-refractivity contribution is 7.97. The number of carbonyl (C=O) groups excluding carboxylic acids is 1. The van der Waals surface area contributed by atoms with Gasteiger partial charge in [0.05, 0.1) is 6.61 Å². The van der Waals surface area contributed by atoms with Crippen LogP contribution in [0.1, 0.15) is 49.4 Å². The molecule has 1 fully saturated rings. The zero-order chi connectivity index (χ0) is 16.3. The van der Waals surface area contributed by atoms with Crippen molar-refractivity contribution in [1.82, 2.24) is 9.62 Å². The van der Waals surface area contributed by atoms with Gasteiger partial charge in [-0.25, -0.2) is 0 Å². The molecule has 1 aliphatic heterocycles. The van der Waals surface area contributed by atoms with Crippen LogP contribution < -0.4 is 9.46 Å². The second-order valence-corrected chi connectivity index (χ2v) is 6.81. The average molecular weight is 337 g/mol. The minimum absolute atomic E-state index is 0.0312. The number of nitrogens with one attached hydrogen (secondary N) is 1. The third-order valence-corrected chi connectivity index (χ3v) is 4.79. The molecule has 1 heterocycles. The summed E-state index contributed by atoms with van der Waals surface area (Å²) in [7, 11) is 0. The van der Waals surface area contributed by atoms with Gasteiger partial charge in [0.2, 0.25) is 0 Å². The number of ether oxygens (including phenoxy) is 1. The Labute approximate surface area is 144 Å². The summed E-state index contributed by atoms with van der Waals surface area (Å²) in [4.78, 5) is 14.6. The largest absolute Gasteiger partial charge is 0.494 e. The van der Waals surface area contributed by atoms with Gasteiger partial charge in [0.1, 0.15) is 5.75 Å². The van der Waals surface area contributed by atoms with E-state index in [0.29, 0.717) is 5.56 Å². The topological polar surface area (TPSA) is 41.6 Å². The summed E-state index contributed by atoms with van der Waals surface area (Å²) in [6.07, 6.45) is 5.96. The first kappa shape index (κ1) is 18.1. The van der Waals surface area contributed by atoms with Crippen molar-refractivity contribution in [3.8, 4) is 5.75 Å². The van der Waals surface area contributed by atoms with Crippen LogP contribution in [0.4, 0.5) is 0 Å². The number of rotatable bonds is 10. The fraction of sp³-hybridized carbons (Fsp3) is 0.611. The van der Waals surface area contributed by atoms with Crippen molar-refractivity contribution in [3.63, 3.8) is 0 Å². The number of benzene rings is 1. The van der Waals surface area contributed by atoms with E-state index in [1.807, 2.05) is 24.3 Å². The van der Waals surface area contributed by atoms with Crippen molar-refractivity contribution in [2.75, 3.05) is 32.0 Å². The maximum Gasteiger partial charge on any atom is 0.261 e. The SMILES string of the molecule is CCCCOc1ccc(C(=O)NSCCCN2CCCC2)cc1. The number of nitrogens with zero attached hydrogens (tertiary/aromatic N) is 1. The molecule has 1 amide bonds. The van der Waals surface area contributed by atoms with E-state index in [0.717, 1.165) is 43.9 Å². The fourth-order valence-corrected chi connectivity index (χ4v) is 3.20. The summed E-state index contributed by atoms with van der Waals surface area (Å²) in [6.45, 7) is 6.49. The summed E-state index contributed by atoms with van der Waals surface area (Å²) in [5.41, 5.74) is 0.680. The van der Waals surface area contributed by atoms with Crippen LogP contribution in [0.5, 0.6) is 5.75 Å². The number of unbranched alkanes of at least 4 members (excludes halogenated alkanes) is 1. The van der Waals surface area contributed by atoms with E-state index in [-0.39, 0.29) is 5.91 Å².